The molecule has 0 bridgehead atoms. The van der Waals surface area contributed by atoms with Gasteiger partial charge in [0.15, 0.2) is 0 Å². The van der Waals surface area contributed by atoms with Gasteiger partial charge in [0, 0.05) is 13.1 Å². The number of hydrogen-bond donors (Lipinski definition) is 0. The Morgan fingerprint density at radius 1 is 0.943 bits per heavy atom. The Balaban J connectivity index is 1.49. The van der Waals surface area contributed by atoms with Crippen molar-refractivity contribution in [1.82, 2.24) is 4.90 Å². The van der Waals surface area contributed by atoms with Gasteiger partial charge in [-0.2, -0.15) is 0 Å². The summed E-state index contributed by atoms with van der Waals surface area (Å²) in [5.41, 5.74) is 2.71. The summed E-state index contributed by atoms with van der Waals surface area (Å²) in [6.07, 6.45) is 2.82. The molecule has 7 heteroatoms. The first kappa shape index (κ1) is 24.8. The van der Waals surface area contributed by atoms with Gasteiger partial charge in [-0.25, -0.2) is 8.42 Å². The van der Waals surface area contributed by atoms with E-state index in [1.807, 2.05) is 13.0 Å². The quantitative estimate of drug-likeness (QED) is 0.458. The number of amides is 1. The largest absolute Gasteiger partial charge is 0.497 e. The third-order valence-corrected chi connectivity index (χ3v) is 8.37. The molecule has 0 atom stereocenters. The average Bonchev–Trinajstić information content (AvgIpc) is 2.88. The average molecular weight is 493 g/mol. The predicted octanol–water partition coefficient (Wildman–Crippen LogP) is 4.68. The number of benzene rings is 3. The molecule has 184 valence electrons. The second-order valence-electron chi connectivity index (χ2n) is 9.04. The van der Waals surface area contributed by atoms with Crippen molar-refractivity contribution in [3.63, 3.8) is 0 Å². The molecular formula is C28H32N2O4S. The third kappa shape index (κ3) is 6.03. The van der Waals surface area contributed by atoms with E-state index < -0.39 is 10.0 Å². The van der Waals surface area contributed by atoms with E-state index in [9.17, 15) is 13.2 Å². The molecule has 0 spiro atoms. The van der Waals surface area contributed by atoms with E-state index in [2.05, 4.69) is 24.3 Å². The van der Waals surface area contributed by atoms with Crippen molar-refractivity contribution >= 4 is 21.6 Å². The maximum atomic E-state index is 13.6. The highest BCUT2D eigenvalue weighted by Gasteiger charge is 2.30. The summed E-state index contributed by atoms with van der Waals surface area (Å²) in [7, 11) is -2.37. The Morgan fingerprint density at radius 2 is 1.57 bits per heavy atom. The van der Waals surface area contributed by atoms with Crippen molar-refractivity contribution in [3.8, 4) is 5.75 Å². The highest BCUT2D eigenvalue weighted by Crippen LogP contribution is 2.27. The molecule has 35 heavy (non-hydrogen) atoms. The molecule has 6 nitrogen and oxygen atoms in total. The van der Waals surface area contributed by atoms with Crippen LogP contribution in [0, 0.1) is 12.8 Å². The smallest absolute Gasteiger partial charge is 0.264 e. The standard InChI is InChI=1S/C28H32N2O4S/c1-22-8-14-27(15-9-22)35(32,33)30(25-10-12-26(34-2)13-11-25)21-28(31)29-18-16-24(17-19-29)20-23-6-4-3-5-7-23/h3-15,24H,16-21H2,1-2H3. The molecule has 1 aliphatic rings. The van der Waals surface area contributed by atoms with Crippen LogP contribution in [0.2, 0.25) is 0 Å². The second kappa shape index (κ2) is 11.0. The van der Waals surface area contributed by atoms with E-state index in [1.54, 1.807) is 60.5 Å². The summed E-state index contributed by atoms with van der Waals surface area (Å²) in [5, 5.41) is 0. The van der Waals surface area contributed by atoms with E-state index in [4.69, 9.17) is 4.74 Å². The summed E-state index contributed by atoms with van der Waals surface area (Å²) >= 11 is 0. The first-order chi connectivity index (χ1) is 16.9. The van der Waals surface area contributed by atoms with E-state index in [0.717, 1.165) is 24.8 Å². The van der Waals surface area contributed by atoms with Gasteiger partial charge in [0.05, 0.1) is 17.7 Å². The number of methoxy groups -OCH3 is 1. The van der Waals surface area contributed by atoms with Crippen LogP contribution in [0.1, 0.15) is 24.0 Å². The molecule has 0 radical (unpaired) electrons. The highest BCUT2D eigenvalue weighted by atomic mass is 32.2. The molecule has 3 aromatic rings. The monoisotopic (exact) mass is 492 g/mol. The molecule has 1 amide bonds. The first-order valence-electron chi connectivity index (χ1n) is 11.9. The minimum absolute atomic E-state index is 0.160. The van der Waals surface area contributed by atoms with Gasteiger partial charge in [-0.3, -0.25) is 9.10 Å². The number of rotatable bonds is 8. The Kier molecular flexibility index (Phi) is 7.76. The maximum absolute atomic E-state index is 13.6. The number of aryl methyl sites for hydroxylation is 1. The van der Waals surface area contributed by atoms with Crippen LogP contribution in [0.5, 0.6) is 5.75 Å². The van der Waals surface area contributed by atoms with Crippen molar-refractivity contribution in [3.05, 3.63) is 90.0 Å². The van der Waals surface area contributed by atoms with Gasteiger partial charge in [-0.05, 0) is 74.1 Å². The van der Waals surface area contributed by atoms with Crippen molar-refractivity contribution in [1.29, 1.82) is 0 Å². The number of hydrogen-bond acceptors (Lipinski definition) is 4. The molecule has 0 N–H and O–H groups in total. The van der Waals surface area contributed by atoms with Crippen LogP contribution < -0.4 is 9.04 Å². The number of nitrogens with zero attached hydrogens (tertiary/aromatic N) is 2. The normalized spacial score (nSPS) is 14.5. The second-order valence-corrected chi connectivity index (χ2v) is 10.9. The van der Waals surface area contributed by atoms with Crippen LogP contribution in [0.4, 0.5) is 5.69 Å². The number of sulfonamides is 1. The van der Waals surface area contributed by atoms with Gasteiger partial charge in [-0.15, -0.1) is 0 Å². The summed E-state index contributed by atoms with van der Waals surface area (Å²) in [6.45, 7) is 2.93. The van der Waals surface area contributed by atoms with E-state index in [1.165, 1.54) is 9.87 Å². The first-order valence-corrected chi connectivity index (χ1v) is 13.4. The van der Waals surface area contributed by atoms with Gasteiger partial charge in [0.25, 0.3) is 10.0 Å². The lowest BCUT2D eigenvalue weighted by atomic mass is 9.90. The molecular weight excluding hydrogens is 460 g/mol. The number of piperidine rings is 1. The van der Waals surface area contributed by atoms with Gasteiger partial charge in [-0.1, -0.05) is 48.0 Å². The van der Waals surface area contributed by atoms with Crippen molar-refractivity contribution in [2.24, 2.45) is 5.92 Å². The number of anilines is 1. The molecule has 1 heterocycles. The lowest BCUT2D eigenvalue weighted by molar-refractivity contribution is -0.130. The van der Waals surface area contributed by atoms with Crippen LogP contribution in [-0.2, 0) is 21.2 Å². The molecule has 0 saturated carbocycles. The Hall–Kier alpha value is -3.32. The SMILES string of the molecule is COc1ccc(N(CC(=O)N2CCC(Cc3ccccc3)CC2)S(=O)(=O)c2ccc(C)cc2)cc1. The van der Waals surface area contributed by atoms with E-state index >= 15 is 0 Å². The summed E-state index contributed by atoms with van der Waals surface area (Å²) in [4.78, 5) is 15.3. The number of carbonyl (C=O) groups is 1. The van der Waals surface area contributed by atoms with Gasteiger partial charge in [0.2, 0.25) is 5.91 Å². The lowest BCUT2D eigenvalue weighted by Gasteiger charge is -2.34. The van der Waals surface area contributed by atoms with E-state index in [0.29, 0.717) is 30.4 Å². The third-order valence-electron chi connectivity index (χ3n) is 6.58. The predicted molar refractivity (Wildman–Crippen MR) is 138 cm³/mol. The summed E-state index contributed by atoms with van der Waals surface area (Å²) in [6, 6.07) is 23.8. The zero-order valence-electron chi connectivity index (χ0n) is 20.3. The Bertz CT molecular complexity index is 1220. The molecule has 3 aromatic carbocycles. The van der Waals surface area contributed by atoms with E-state index in [-0.39, 0.29) is 17.3 Å². The fourth-order valence-electron chi connectivity index (χ4n) is 4.46. The van der Waals surface area contributed by atoms with Gasteiger partial charge >= 0.3 is 0 Å². The molecule has 1 aliphatic heterocycles. The van der Waals surface area contributed by atoms with Crippen LogP contribution in [0.3, 0.4) is 0 Å². The van der Waals surface area contributed by atoms with Gasteiger partial charge in [0.1, 0.15) is 12.3 Å². The van der Waals surface area contributed by atoms with Crippen LogP contribution in [-0.4, -0.2) is 46.0 Å². The van der Waals surface area contributed by atoms with Gasteiger partial charge < -0.3 is 9.64 Å². The summed E-state index contributed by atoms with van der Waals surface area (Å²) < 4.78 is 33.6. The zero-order chi connectivity index (χ0) is 24.8. The molecule has 1 saturated heterocycles. The number of ether oxygens (including phenoxy) is 1. The Morgan fingerprint density at radius 3 is 2.17 bits per heavy atom. The summed E-state index contributed by atoms with van der Waals surface area (Å²) in [5.74, 6) is 0.957. The number of likely N-dealkylation sites (tertiary alicyclic amines) is 1. The van der Waals surface area contributed by atoms with Crippen molar-refractivity contribution in [2.45, 2.75) is 31.1 Å². The molecule has 0 unspecified atom stereocenters. The molecule has 4 rings (SSSR count). The maximum Gasteiger partial charge on any atom is 0.264 e. The molecule has 1 fully saturated rings. The van der Waals surface area contributed by atoms with Crippen molar-refractivity contribution in [2.75, 3.05) is 31.0 Å². The minimum atomic E-state index is -3.93. The van der Waals surface area contributed by atoms with Crippen LogP contribution >= 0.6 is 0 Å². The van der Waals surface area contributed by atoms with Crippen molar-refractivity contribution < 1.29 is 17.9 Å². The fraction of sp³-hybridized carbons (Fsp3) is 0.321. The minimum Gasteiger partial charge on any atom is -0.497 e. The number of carbonyl (C=O) groups excluding carboxylic acids is 1. The lowest BCUT2D eigenvalue weighted by Crippen LogP contribution is -2.46. The highest BCUT2D eigenvalue weighted by molar-refractivity contribution is 7.92. The Labute approximate surface area is 208 Å². The molecule has 0 aromatic heterocycles. The van der Waals surface area contributed by atoms with Crippen LogP contribution in [0.15, 0.2) is 83.8 Å². The molecule has 0 aliphatic carbocycles. The zero-order valence-corrected chi connectivity index (χ0v) is 21.1. The fourth-order valence-corrected chi connectivity index (χ4v) is 5.87. The topological polar surface area (TPSA) is 66.9 Å². The van der Waals surface area contributed by atoms with Crippen LogP contribution in [0.25, 0.3) is 0 Å².